The van der Waals surface area contributed by atoms with Gasteiger partial charge in [-0.15, -0.1) is 6.58 Å². The van der Waals surface area contributed by atoms with Crippen LogP contribution in [0.25, 0.3) is 21.1 Å². The van der Waals surface area contributed by atoms with Crippen molar-refractivity contribution in [2.24, 2.45) is 5.10 Å². The Hall–Kier alpha value is -2.92. The van der Waals surface area contributed by atoms with E-state index in [1.165, 1.54) is 16.6 Å². The van der Waals surface area contributed by atoms with Crippen LogP contribution >= 0.6 is 11.3 Å². The highest BCUT2D eigenvalue weighted by atomic mass is 32.1. The third-order valence-electron chi connectivity index (χ3n) is 4.24. The molecule has 4 nitrogen and oxygen atoms in total. The third kappa shape index (κ3) is 2.83. The minimum atomic E-state index is 0.783. The SMILES string of the molecule is C=CCn1c(C)c(/C=N/Nc2nc3ccccc3s2)c2ccccc21. The van der Waals surface area contributed by atoms with Crippen molar-refractivity contribution in [1.29, 1.82) is 0 Å². The number of allylic oxidation sites excluding steroid dienone is 1. The van der Waals surface area contributed by atoms with Crippen LogP contribution in [0, 0.1) is 6.92 Å². The van der Waals surface area contributed by atoms with Gasteiger partial charge < -0.3 is 4.57 Å². The molecule has 0 aliphatic carbocycles. The number of fused-ring (bicyclic) bond motifs is 2. The zero-order valence-corrected chi connectivity index (χ0v) is 14.8. The monoisotopic (exact) mass is 346 g/mol. The van der Waals surface area contributed by atoms with E-state index in [-0.39, 0.29) is 0 Å². The molecule has 1 N–H and O–H groups in total. The number of nitrogens with zero attached hydrogens (tertiary/aromatic N) is 3. The highest BCUT2D eigenvalue weighted by molar-refractivity contribution is 7.22. The minimum Gasteiger partial charge on any atom is -0.340 e. The number of hydrogen-bond donors (Lipinski definition) is 1. The van der Waals surface area contributed by atoms with Crippen LogP contribution < -0.4 is 5.43 Å². The van der Waals surface area contributed by atoms with Gasteiger partial charge in [0, 0.05) is 28.7 Å². The maximum atomic E-state index is 4.54. The standard InChI is InChI=1S/C20H18N4S/c1-3-12-24-14(2)16(15-8-4-6-10-18(15)24)13-21-23-20-22-17-9-5-7-11-19(17)25-20/h3-11,13H,1,12H2,2H3,(H,22,23)/b21-13+. The number of rotatable bonds is 5. The molecule has 0 atom stereocenters. The number of para-hydroxylation sites is 2. The molecule has 0 unspecified atom stereocenters. The molecule has 0 aliphatic rings. The molecule has 0 saturated heterocycles. The lowest BCUT2D eigenvalue weighted by molar-refractivity contribution is 0.828. The smallest absolute Gasteiger partial charge is 0.204 e. The lowest BCUT2D eigenvalue weighted by Gasteiger charge is -2.03. The fraction of sp³-hybridized carbons (Fsp3) is 0.100. The van der Waals surface area contributed by atoms with Gasteiger partial charge in [-0.25, -0.2) is 4.98 Å². The molecule has 25 heavy (non-hydrogen) atoms. The van der Waals surface area contributed by atoms with Crippen LogP contribution in [0.15, 0.2) is 66.3 Å². The number of hydrogen-bond acceptors (Lipinski definition) is 4. The molecule has 2 aromatic heterocycles. The summed E-state index contributed by atoms with van der Waals surface area (Å²) in [5.74, 6) is 0. The quantitative estimate of drug-likeness (QED) is 0.307. The van der Waals surface area contributed by atoms with Crippen LogP contribution in [0.2, 0.25) is 0 Å². The molecule has 124 valence electrons. The van der Waals surface area contributed by atoms with Crippen molar-refractivity contribution < 1.29 is 0 Å². The van der Waals surface area contributed by atoms with E-state index in [0.717, 1.165) is 27.5 Å². The Kier molecular flexibility index (Phi) is 4.07. The van der Waals surface area contributed by atoms with E-state index in [4.69, 9.17) is 0 Å². The Morgan fingerprint density at radius 3 is 2.84 bits per heavy atom. The number of thiazole rings is 1. The number of hydrazone groups is 1. The van der Waals surface area contributed by atoms with Crippen LogP contribution in [0.1, 0.15) is 11.3 Å². The van der Waals surface area contributed by atoms with Gasteiger partial charge in [0.2, 0.25) is 5.13 Å². The van der Waals surface area contributed by atoms with E-state index in [9.17, 15) is 0 Å². The topological polar surface area (TPSA) is 42.2 Å². The Bertz CT molecular complexity index is 1050. The first-order valence-corrected chi connectivity index (χ1v) is 8.93. The van der Waals surface area contributed by atoms with Crippen LogP contribution in [-0.2, 0) is 6.54 Å². The second-order valence-corrected chi connectivity index (χ2v) is 6.80. The second kappa shape index (κ2) is 6.53. The van der Waals surface area contributed by atoms with E-state index < -0.39 is 0 Å². The van der Waals surface area contributed by atoms with Crippen molar-refractivity contribution in [2.45, 2.75) is 13.5 Å². The summed E-state index contributed by atoms with van der Waals surface area (Å²) in [6, 6.07) is 16.5. The Morgan fingerprint density at radius 1 is 1.20 bits per heavy atom. The third-order valence-corrected chi connectivity index (χ3v) is 5.18. The van der Waals surface area contributed by atoms with Crippen molar-refractivity contribution in [3.63, 3.8) is 0 Å². The highest BCUT2D eigenvalue weighted by Crippen LogP contribution is 2.26. The zero-order chi connectivity index (χ0) is 17.2. The van der Waals surface area contributed by atoms with Crippen molar-refractivity contribution in [3.05, 3.63) is 72.4 Å². The van der Waals surface area contributed by atoms with E-state index in [1.54, 1.807) is 11.3 Å². The summed E-state index contributed by atoms with van der Waals surface area (Å²) in [5, 5.41) is 6.41. The molecule has 4 rings (SSSR count). The van der Waals surface area contributed by atoms with Gasteiger partial charge >= 0.3 is 0 Å². The van der Waals surface area contributed by atoms with Gasteiger partial charge in [-0.05, 0) is 25.1 Å². The Morgan fingerprint density at radius 2 is 2.00 bits per heavy atom. The van der Waals surface area contributed by atoms with Gasteiger partial charge in [0.1, 0.15) is 0 Å². The molecular weight excluding hydrogens is 328 g/mol. The Labute approximate surface area is 150 Å². The van der Waals surface area contributed by atoms with E-state index in [1.807, 2.05) is 30.5 Å². The largest absolute Gasteiger partial charge is 0.340 e. The fourth-order valence-electron chi connectivity index (χ4n) is 3.06. The summed E-state index contributed by atoms with van der Waals surface area (Å²) in [6.45, 7) is 6.76. The number of anilines is 1. The van der Waals surface area contributed by atoms with E-state index in [2.05, 4.69) is 63.9 Å². The summed E-state index contributed by atoms with van der Waals surface area (Å²) in [5.41, 5.74) is 7.54. The van der Waals surface area contributed by atoms with Crippen molar-refractivity contribution in [3.8, 4) is 0 Å². The normalized spacial score (nSPS) is 11.6. The first kappa shape index (κ1) is 15.6. The van der Waals surface area contributed by atoms with E-state index in [0.29, 0.717) is 0 Å². The maximum Gasteiger partial charge on any atom is 0.204 e. The number of nitrogens with one attached hydrogen (secondary N) is 1. The first-order valence-electron chi connectivity index (χ1n) is 8.11. The molecule has 2 heterocycles. The molecule has 0 spiro atoms. The van der Waals surface area contributed by atoms with Crippen LogP contribution in [0.3, 0.4) is 0 Å². The fourth-order valence-corrected chi connectivity index (χ4v) is 3.87. The lowest BCUT2D eigenvalue weighted by atomic mass is 10.1. The van der Waals surface area contributed by atoms with Crippen LogP contribution in [-0.4, -0.2) is 15.8 Å². The van der Waals surface area contributed by atoms with Gasteiger partial charge in [0.05, 0.1) is 16.4 Å². The van der Waals surface area contributed by atoms with Crippen LogP contribution in [0.4, 0.5) is 5.13 Å². The maximum absolute atomic E-state index is 4.54. The highest BCUT2D eigenvalue weighted by Gasteiger charge is 2.11. The summed E-state index contributed by atoms with van der Waals surface area (Å²) < 4.78 is 3.40. The van der Waals surface area contributed by atoms with Gasteiger partial charge in [0.15, 0.2) is 0 Å². The summed E-state index contributed by atoms with van der Waals surface area (Å²) in [6.07, 6.45) is 3.79. The lowest BCUT2D eigenvalue weighted by Crippen LogP contribution is -1.98. The van der Waals surface area contributed by atoms with Gasteiger partial charge in [-0.2, -0.15) is 5.10 Å². The van der Waals surface area contributed by atoms with Crippen molar-refractivity contribution >= 4 is 43.8 Å². The number of benzene rings is 2. The van der Waals surface area contributed by atoms with Crippen LogP contribution in [0.5, 0.6) is 0 Å². The van der Waals surface area contributed by atoms with Crippen molar-refractivity contribution in [2.75, 3.05) is 5.43 Å². The molecular formula is C20H18N4S. The average Bonchev–Trinajstić information content (AvgIpc) is 3.16. The Balaban J connectivity index is 1.66. The zero-order valence-electron chi connectivity index (χ0n) is 13.9. The molecule has 5 heteroatoms. The molecule has 0 bridgehead atoms. The van der Waals surface area contributed by atoms with Gasteiger partial charge in [-0.1, -0.05) is 47.7 Å². The first-order chi connectivity index (χ1) is 12.3. The molecule has 4 aromatic rings. The van der Waals surface area contributed by atoms with Gasteiger partial charge in [0.25, 0.3) is 0 Å². The van der Waals surface area contributed by atoms with E-state index >= 15 is 0 Å². The number of aromatic nitrogens is 2. The molecule has 0 fully saturated rings. The molecule has 0 saturated carbocycles. The second-order valence-electron chi connectivity index (χ2n) is 5.77. The van der Waals surface area contributed by atoms with Crippen molar-refractivity contribution in [1.82, 2.24) is 9.55 Å². The molecule has 0 radical (unpaired) electrons. The molecule has 2 aromatic carbocycles. The summed E-state index contributed by atoms with van der Waals surface area (Å²) in [7, 11) is 0. The molecule has 0 amide bonds. The predicted octanol–water partition coefficient (Wildman–Crippen LogP) is 5.19. The summed E-state index contributed by atoms with van der Waals surface area (Å²) in [4.78, 5) is 4.54. The summed E-state index contributed by atoms with van der Waals surface area (Å²) >= 11 is 1.60. The average molecular weight is 346 g/mol. The minimum absolute atomic E-state index is 0.783. The molecule has 0 aliphatic heterocycles. The predicted molar refractivity (Wildman–Crippen MR) is 108 cm³/mol. The van der Waals surface area contributed by atoms with Gasteiger partial charge in [-0.3, -0.25) is 5.43 Å².